The Bertz CT molecular complexity index is 639. The van der Waals surface area contributed by atoms with Crippen LogP contribution in [0.4, 0.5) is 0 Å². The number of aliphatic imine (C=N–C) groups is 1. The maximum absolute atomic E-state index is 12.3. The van der Waals surface area contributed by atoms with Crippen LogP contribution in [0.25, 0.3) is 0 Å². The number of hydrogen-bond donors (Lipinski definition) is 1. The summed E-state index contributed by atoms with van der Waals surface area (Å²) in [4.78, 5) is 9.64. The van der Waals surface area contributed by atoms with Crippen molar-refractivity contribution in [3.63, 3.8) is 0 Å². The van der Waals surface area contributed by atoms with E-state index in [4.69, 9.17) is 0 Å². The van der Waals surface area contributed by atoms with E-state index in [-0.39, 0.29) is 29.7 Å². The zero-order valence-electron chi connectivity index (χ0n) is 18.0. The summed E-state index contributed by atoms with van der Waals surface area (Å²) in [5.41, 5.74) is 0. The Morgan fingerprint density at radius 1 is 1.11 bits per heavy atom. The molecule has 1 saturated heterocycles. The Hall–Kier alpha value is -0.0900. The second-order valence-corrected chi connectivity index (χ2v) is 12.3. The average Bonchev–Trinajstić information content (AvgIpc) is 3.23. The summed E-state index contributed by atoms with van der Waals surface area (Å²) in [6.45, 7) is 12.6. The van der Waals surface area contributed by atoms with E-state index < -0.39 is 14.6 Å². The van der Waals surface area contributed by atoms with Crippen molar-refractivity contribution in [1.29, 1.82) is 0 Å². The summed E-state index contributed by atoms with van der Waals surface area (Å²) >= 11 is 0. The summed E-state index contributed by atoms with van der Waals surface area (Å²) < 4.78 is 23.9. The molecule has 0 aromatic carbocycles. The van der Waals surface area contributed by atoms with Crippen LogP contribution in [0.5, 0.6) is 0 Å². The number of hydrogen-bond acceptors (Lipinski definition) is 4. The molecule has 0 spiro atoms. The molecule has 1 N–H and O–H groups in total. The summed E-state index contributed by atoms with van der Waals surface area (Å²) in [6, 6.07) is 0.808. The largest absolute Gasteiger partial charge is 0.357 e. The first kappa shape index (κ1) is 24.2. The third-order valence-electron chi connectivity index (χ3n) is 6.67. The van der Waals surface area contributed by atoms with E-state index in [2.05, 4.69) is 27.0 Å². The first-order valence-corrected chi connectivity index (χ1v) is 12.4. The van der Waals surface area contributed by atoms with E-state index in [1.54, 1.807) is 20.8 Å². The lowest BCUT2D eigenvalue weighted by atomic mass is 9.93. The van der Waals surface area contributed by atoms with E-state index in [1.807, 2.05) is 0 Å². The summed E-state index contributed by atoms with van der Waals surface area (Å²) in [5.74, 6) is 2.90. The Kier molecular flexibility index (Phi) is 8.47. The molecule has 2 bridgehead atoms. The fraction of sp³-hybridized carbons (Fsp3) is 0.950. The molecule has 28 heavy (non-hydrogen) atoms. The van der Waals surface area contributed by atoms with Crippen molar-refractivity contribution in [2.75, 3.05) is 45.0 Å². The number of halogens is 1. The lowest BCUT2D eigenvalue weighted by Gasteiger charge is -2.42. The molecular formula is C20H39IN4O2S. The average molecular weight is 527 g/mol. The lowest BCUT2D eigenvalue weighted by Crippen LogP contribution is -2.55. The summed E-state index contributed by atoms with van der Waals surface area (Å²) in [7, 11) is -3.13. The lowest BCUT2D eigenvalue weighted by molar-refractivity contribution is 0.0958. The molecule has 3 atom stereocenters. The van der Waals surface area contributed by atoms with Crippen LogP contribution >= 0.6 is 24.0 Å². The van der Waals surface area contributed by atoms with Gasteiger partial charge in [0.1, 0.15) is 0 Å². The summed E-state index contributed by atoms with van der Waals surface area (Å²) in [6.07, 6.45) is 5.75. The third-order valence-corrected chi connectivity index (χ3v) is 9.26. The topological polar surface area (TPSA) is 65.0 Å². The molecule has 2 saturated carbocycles. The van der Waals surface area contributed by atoms with Gasteiger partial charge in [0, 0.05) is 38.8 Å². The van der Waals surface area contributed by atoms with Gasteiger partial charge in [0.05, 0.1) is 17.0 Å². The van der Waals surface area contributed by atoms with E-state index in [0.717, 1.165) is 56.6 Å². The molecule has 0 radical (unpaired) electrons. The van der Waals surface area contributed by atoms with Gasteiger partial charge in [0.2, 0.25) is 0 Å². The van der Waals surface area contributed by atoms with Crippen molar-refractivity contribution in [2.24, 2.45) is 16.8 Å². The van der Waals surface area contributed by atoms with Crippen molar-refractivity contribution < 1.29 is 8.42 Å². The second kappa shape index (κ2) is 9.81. The predicted octanol–water partition coefficient (Wildman–Crippen LogP) is 2.59. The SMILES string of the molecule is CCNC(=NCCS(=O)(=O)C(C)(C)C)N1CCN(C2CC3CCC2C3)CC1.I. The number of piperazine rings is 1. The molecule has 164 valence electrons. The molecule has 2 aliphatic carbocycles. The fourth-order valence-corrected chi connectivity index (χ4v) is 5.87. The first-order chi connectivity index (χ1) is 12.7. The molecule has 3 aliphatic rings. The van der Waals surface area contributed by atoms with Gasteiger partial charge in [0.15, 0.2) is 15.8 Å². The van der Waals surface area contributed by atoms with Crippen LogP contribution < -0.4 is 5.32 Å². The smallest absolute Gasteiger partial charge is 0.194 e. The van der Waals surface area contributed by atoms with Crippen LogP contribution in [0.15, 0.2) is 4.99 Å². The van der Waals surface area contributed by atoms with E-state index in [1.165, 1.54) is 25.7 Å². The van der Waals surface area contributed by atoms with E-state index >= 15 is 0 Å². The van der Waals surface area contributed by atoms with Gasteiger partial charge in [-0.1, -0.05) is 6.42 Å². The number of sulfone groups is 1. The highest BCUT2D eigenvalue weighted by Gasteiger charge is 2.42. The Morgan fingerprint density at radius 3 is 2.29 bits per heavy atom. The van der Waals surface area contributed by atoms with Crippen molar-refractivity contribution in [3.05, 3.63) is 0 Å². The van der Waals surface area contributed by atoms with Crippen molar-refractivity contribution >= 4 is 39.8 Å². The number of nitrogens with one attached hydrogen (secondary N) is 1. The quantitative estimate of drug-likeness (QED) is 0.339. The van der Waals surface area contributed by atoms with E-state index in [9.17, 15) is 8.42 Å². The van der Waals surface area contributed by atoms with Crippen LogP contribution in [0.3, 0.4) is 0 Å². The fourth-order valence-electron chi connectivity index (χ4n) is 4.93. The molecular weight excluding hydrogens is 487 g/mol. The predicted molar refractivity (Wildman–Crippen MR) is 127 cm³/mol. The number of rotatable bonds is 5. The Balaban J connectivity index is 0.00000280. The van der Waals surface area contributed by atoms with Crippen LogP contribution in [-0.4, -0.2) is 80.0 Å². The maximum Gasteiger partial charge on any atom is 0.194 e. The highest BCUT2D eigenvalue weighted by atomic mass is 127. The molecule has 0 amide bonds. The van der Waals surface area contributed by atoms with Crippen LogP contribution in [0.2, 0.25) is 0 Å². The molecule has 0 aromatic heterocycles. The van der Waals surface area contributed by atoms with Crippen LogP contribution in [0.1, 0.15) is 53.4 Å². The maximum atomic E-state index is 12.3. The number of guanidine groups is 1. The molecule has 8 heteroatoms. The minimum atomic E-state index is -3.13. The first-order valence-electron chi connectivity index (χ1n) is 10.7. The highest BCUT2D eigenvalue weighted by molar-refractivity contribution is 14.0. The van der Waals surface area contributed by atoms with Crippen LogP contribution in [-0.2, 0) is 9.84 Å². The van der Waals surface area contributed by atoms with Crippen molar-refractivity contribution in [2.45, 2.75) is 64.2 Å². The molecule has 3 rings (SSSR count). The molecule has 3 fully saturated rings. The van der Waals surface area contributed by atoms with Gasteiger partial charge in [-0.25, -0.2) is 8.42 Å². The van der Waals surface area contributed by atoms with Gasteiger partial charge in [-0.15, -0.1) is 24.0 Å². The molecule has 0 aromatic rings. The van der Waals surface area contributed by atoms with Gasteiger partial charge in [0.25, 0.3) is 0 Å². The number of nitrogens with zero attached hydrogens (tertiary/aromatic N) is 3. The summed E-state index contributed by atoms with van der Waals surface area (Å²) in [5, 5.41) is 3.35. The van der Waals surface area contributed by atoms with E-state index in [0.29, 0.717) is 6.54 Å². The Morgan fingerprint density at radius 2 is 1.79 bits per heavy atom. The third kappa shape index (κ3) is 5.53. The van der Waals surface area contributed by atoms with Crippen molar-refractivity contribution in [1.82, 2.24) is 15.1 Å². The molecule has 3 unspecified atom stereocenters. The van der Waals surface area contributed by atoms with Gasteiger partial charge in [-0.2, -0.15) is 0 Å². The molecule has 1 heterocycles. The zero-order valence-corrected chi connectivity index (χ0v) is 21.1. The normalized spacial score (nSPS) is 29.1. The minimum Gasteiger partial charge on any atom is -0.357 e. The standard InChI is InChI=1S/C20H38N4O2S.HI/c1-5-21-19(22-8-13-27(25,26)20(2,3)4)24-11-9-23(10-12-24)18-15-16-6-7-17(18)14-16;/h16-18H,5-15H2,1-4H3,(H,21,22);1H. The number of fused-ring (bicyclic) bond motifs is 2. The molecule has 6 nitrogen and oxygen atoms in total. The highest BCUT2D eigenvalue weighted by Crippen LogP contribution is 2.46. The minimum absolute atomic E-state index is 0. The molecule has 1 aliphatic heterocycles. The van der Waals surface area contributed by atoms with Gasteiger partial charge < -0.3 is 10.2 Å². The monoisotopic (exact) mass is 526 g/mol. The second-order valence-electron chi connectivity index (χ2n) is 9.43. The van der Waals surface area contributed by atoms with Gasteiger partial charge >= 0.3 is 0 Å². The van der Waals surface area contributed by atoms with Gasteiger partial charge in [-0.3, -0.25) is 9.89 Å². The van der Waals surface area contributed by atoms with Crippen LogP contribution in [0, 0.1) is 11.8 Å². The van der Waals surface area contributed by atoms with Crippen molar-refractivity contribution in [3.8, 4) is 0 Å². The van der Waals surface area contributed by atoms with Gasteiger partial charge in [-0.05, 0) is 58.8 Å². The Labute approximate surface area is 188 Å². The zero-order chi connectivity index (χ0) is 19.7.